The van der Waals surface area contributed by atoms with Gasteiger partial charge in [0, 0.05) is 13.1 Å². The van der Waals surface area contributed by atoms with Gasteiger partial charge in [0.1, 0.15) is 11.5 Å². The number of benzene rings is 4. The van der Waals surface area contributed by atoms with Crippen molar-refractivity contribution in [3.63, 3.8) is 0 Å². The summed E-state index contributed by atoms with van der Waals surface area (Å²) < 4.78 is 10.8. The minimum Gasteiger partial charge on any atom is -0.495 e. The van der Waals surface area contributed by atoms with Crippen LogP contribution in [-0.2, 0) is 0 Å². The first kappa shape index (κ1) is 26.1. The number of para-hydroxylation sites is 6. The lowest BCUT2D eigenvalue weighted by atomic mass is 10.1. The number of carbonyl (C=O) groups is 2. The van der Waals surface area contributed by atoms with Gasteiger partial charge in [-0.3, -0.25) is 9.59 Å². The van der Waals surface area contributed by atoms with E-state index in [0.29, 0.717) is 34.0 Å². The van der Waals surface area contributed by atoms with Crippen molar-refractivity contribution in [2.45, 2.75) is 0 Å². The molecule has 0 aliphatic heterocycles. The molecule has 0 bridgehead atoms. The Morgan fingerprint density at radius 3 is 1.26 bits per heavy atom. The van der Waals surface area contributed by atoms with Crippen LogP contribution in [0.15, 0.2) is 97.1 Å². The first-order valence-corrected chi connectivity index (χ1v) is 12.1. The van der Waals surface area contributed by atoms with Gasteiger partial charge in [0.15, 0.2) is 0 Å². The first-order chi connectivity index (χ1) is 18.6. The minimum atomic E-state index is -0.254. The predicted molar refractivity (Wildman–Crippen MR) is 150 cm³/mol. The van der Waals surface area contributed by atoms with Crippen molar-refractivity contribution in [1.29, 1.82) is 0 Å². The van der Waals surface area contributed by atoms with Crippen molar-refractivity contribution in [1.82, 2.24) is 10.6 Å². The van der Waals surface area contributed by atoms with Gasteiger partial charge in [0.05, 0.1) is 48.1 Å². The Bertz CT molecular complexity index is 1300. The van der Waals surface area contributed by atoms with E-state index in [2.05, 4.69) is 21.3 Å². The first-order valence-electron chi connectivity index (χ1n) is 12.1. The van der Waals surface area contributed by atoms with E-state index < -0.39 is 0 Å². The Balaban J connectivity index is 1.35. The van der Waals surface area contributed by atoms with Crippen molar-refractivity contribution in [3.05, 3.63) is 108 Å². The average Bonchev–Trinajstić information content (AvgIpc) is 2.96. The normalized spacial score (nSPS) is 10.3. The highest BCUT2D eigenvalue weighted by Gasteiger charge is 2.14. The number of hydrogen-bond acceptors (Lipinski definition) is 6. The van der Waals surface area contributed by atoms with Crippen molar-refractivity contribution < 1.29 is 19.1 Å². The molecule has 0 saturated carbocycles. The highest BCUT2D eigenvalue weighted by Crippen LogP contribution is 2.29. The number of nitrogens with one attached hydrogen (secondary N) is 4. The van der Waals surface area contributed by atoms with Crippen LogP contribution in [0, 0.1) is 0 Å². The van der Waals surface area contributed by atoms with Crippen LogP contribution < -0.4 is 30.7 Å². The monoisotopic (exact) mass is 510 g/mol. The SMILES string of the molecule is COc1ccccc1Nc1ccccc1C(=O)NCCNC(=O)c1ccccc1Nc1ccccc1OC. The molecular formula is C30H30N4O4. The molecule has 0 aliphatic rings. The lowest BCUT2D eigenvalue weighted by Gasteiger charge is -2.15. The molecular weight excluding hydrogens is 480 g/mol. The number of anilines is 4. The van der Waals surface area contributed by atoms with Crippen LogP contribution in [0.4, 0.5) is 22.7 Å². The molecule has 0 aromatic heterocycles. The number of rotatable bonds is 11. The van der Waals surface area contributed by atoms with Crippen LogP contribution in [0.2, 0.25) is 0 Å². The smallest absolute Gasteiger partial charge is 0.253 e. The molecule has 0 spiro atoms. The molecule has 8 heteroatoms. The maximum atomic E-state index is 12.9. The van der Waals surface area contributed by atoms with Crippen LogP contribution in [0.25, 0.3) is 0 Å². The van der Waals surface area contributed by atoms with Gasteiger partial charge < -0.3 is 30.7 Å². The number of amides is 2. The summed E-state index contributed by atoms with van der Waals surface area (Å²) in [6.07, 6.45) is 0. The predicted octanol–water partition coefficient (Wildman–Crippen LogP) is 5.35. The molecule has 4 aromatic rings. The maximum absolute atomic E-state index is 12.9. The molecule has 0 unspecified atom stereocenters. The summed E-state index contributed by atoms with van der Waals surface area (Å²) in [5.41, 5.74) is 3.77. The number of hydrogen-bond donors (Lipinski definition) is 4. The summed E-state index contributed by atoms with van der Waals surface area (Å²) in [6.45, 7) is 0.519. The molecule has 4 aromatic carbocycles. The zero-order valence-electron chi connectivity index (χ0n) is 21.3. The summed E-state index contributed by atoms with van der Waals surface area (Å²) in [4.78, 5) is 25.9. The van der Waals surface area contributed by atoms with E-state index in [4.69, 9.17) is 9.47 Å². The Morgan fingerprint density at radius 1 is 0.526 bits per heavy atom. The second-order valence-corrected chi connectivity index (χ2v) is 8.25. The number of methoxy groups -OCH3 is 2. The van der Waals surface area contributed by atoms with Gasteiger partial charge in [-0.15, -0.1) is 0 Å². The van der Waals surface area contributed by atoms with E-state index in [0.717, 1.165) is 11.4 Å². The molecule has 0 aliphatic carbocycles. The lowest BCUT2D eigenvalue weighted by molar-refractivity contribution is 0.0928. The van der Waals surface area contributed by atoms with Gasteiger partial charge in [-0.05, 0) is 48.5 Å². The Kier molecular flexibility index (Phi) is 8.80. The second kappa shape index (κ2) is 12.8. The van der Waals surface area contributed by atoms with Gasteiger partial charge in [-0.1, -0.05) is 48.5 Å². The van der Waals surface area contributed by atoms with Gasteiger partial charge in [0.25, 0.3) is 11.8 Å². The molecule has 38 heavy (non-hydrogen) atoms. The minimum absolute atomic E-state index is 0.254. The van der Waals surface area contributed by atoms with Gasteiger partial charge >= 0.3 is 0 Å². The number of ether oxygens (including phenoxy) is 2. The van der Waals surface area contributed by atoms with Gasteiger partial charge in [-0.25, -0.2) is 0 Å². The topological polar surface area (TPSA) is 101 Å². The zero-order chi connectivity index (χ0) is 26.7. The summed E-state index contributed by atoms with van der Waals surface area (Å²) >= 11 is 0. The molecule has 0 saturated heterocycles. The second-order valence-electron chi connectivity index (χ2n) is 8.25. The van der Waals surface area contributed by atoms with E-state index >= 15 is 0 Å². The molecule has 4 N–H and O–H groups in total. The lowest BCUT2D eigenvalue weighted by Crippen LogP contribution is -2.35. The van der Waals surface area contributed by atoms with E-state index in [-0.39, 0.29) is 24.9 Å². The molecule has 4 rings (SSSR count). The third-order valence-corrected chi connectivity index (χ3v) is 5.79. The molecule has 8 nitrogen and oxygen atoms in total. The fourth-order valence-electron chi connectivity index (χ4n) is 3.91. The maximum Gasteiger partial charge on any atom is 0.253 e. The van der Waals surface area contributed by atoms with Crippen molar-refractivity contribution in [2.75, 3.05) is 37.9 Å². The van der Waals surface area contributed by atoms with E-state index in [1.165, 1.54) is 0 Å². The van der Waals surface area contributed by atoms with E-state index in [9.17, 15) is 9.59 Å². The van der Waals surface area contributed by atoms with Crippen molar-refractivity contribution >= 4 is 34.6 Å². The largest absolute Gasteiger partial charge is 0.495 e. The summed E-state index contributed by atoms with van der Waals surface area (Å²) in [5.74, 6) is 0.836. The van der Waals surface area contributed by atoms with Gasteiger partial charge in [-0.2, -0.15) is 0 Å². The number of carbonyl (C=O) groups excluding carboxylic acids is 2. The zero-order valence-corrected chi connectivity index (χ0v) is 21.3. The molecule has 0 atom stereocenters. The Labute approximate surface area is 222 Å². The van der Waals surface area contributed by atoms with E-state index in [1.807, 2.05) is 72.8 Å². The van der Waals surface area contributed by atoms with Crippen LogP contribution >= 0.6 is 0 Å². The fourth-order valence-corrected chi connectivity index (χ4v) is 3.91. The summed E-state index contributed by atoms with van der Waals surface area (Å²) in [6, 6.07) is 29.4. The molecule has 2 amide bonds. The van der Waals surface area contributed by atoms with E-state index in [1.54, 1.807) is 38.5 Å². The van der Waals surface area contributed by atoms with Crippen molar-refractivity contribution in [3.8, 4) is 11.5 Å². The van der Waals surface area contributed by atoms with Crippen LogP contribution in [0.1, 0.15) is 20.7 Å². The third kappa shape index (κ3) is 6.41. The Hall–Kier alpha value is -4.98. The standard InChI is InChI=1S/C30H30N4O4/c1-37-27-17-9-7-15-25(27)33-23-13-5-3-11-21(23)29(35)31-19-20-32-30(36)22-12-4-6-14-24(22)34-26-16-8-10-18-28(26)38-2/h3-18,33-34H,19-20H2,1-2H3,(H,31,35)(H,32,36). The summed E-state index contributed by atoms with van der Waals surface area (Å²) in [7, 11) is 3.20. The third-order valence-electron chi connectivity index (χ3n) is 5.79. The highest BCUT2D eigenvalue weighted by molar-refractivity contribution is 6.01. The molecule has 0 radical (unpaired) electrons. The Morgan fingerprint density at radius 2 is 0.868 bits per heavy atom. The van der Waals surface area contributed by atoms with Crippen LogP contribution in [0.3, 0.4) is 0 Å². The van der Waals surface area contributed by atoms with Crippen LogP contribution in [0.5, 0.6) is 11.5 Å². The quantitative estimate of drug-likeness (QED) is 0.203. The average molecular weight is 511 g/mol. The summed E-state index contributed by atoms with van der Waals surface area (Å²) in [5, 5.41) is 12.3. The van der Waals surface area contributed by atoms with Crippen molar-refractivity contribution in [2.24, 2.45) is 0 Å². The fraction of sp³-hybridized carbons (Fsp3) is 0.133. The van der Waals surface area contributed by atoms with Crippen LogP contribution in [-0.4, -0.2) is 39.1 Å². The molecule has 194 valence electrons. The van der Waals surface area contributed by atoms with Gasteiger partial charge in [0.2, 0.25) is 0 Å². The highest BCUT2D eigenvalue weighted by atomic mass is 16.5. The molecule has 0 fully saturated rings. The molecule has 0 heterocycles.